The van der Waals surface area contributed by atoms with Crippen LogP contribution in [0.4, 0.5) is 0 Å². The summed E-state index contributed by atoms with van der Waals surface area (Å²) in [6.45, 7) is 10.2. The molecule has 3 nitrogen and oxygen atoms in total. The first kappa shape index (κ1) is 14.3. The molecule has 0 amide bonds. The molecule has 3 heteroatoms. The predicted molar refractivity (Wildman–Crippen MR) is 70.2 cm³/mol. The van der Waals surface area contributed by atoms with Crippen LogP contribution in [0.3, 0.4) is 0 Å². The van der Waals surface area contributed by atoms with Crippen LogP contribution in [0.5, 0.6) is 0 Å². The van der Waals surface area contributed by atoms with Gasteiger partial charge in [-0.25, -0.2) is 0 Å². The zero-order valence-electron chi connectivity index (χ0n) is 11.9. The van der Waals surface area contributed by atoms with Crippen molar-refractivity contribution < 1.29 is 9.15 Å². The molecule has 1 atom stereocenters. The highest BCUT2D eigenvalue weighted by Crippen LogP contribution is 2.30. The van der Waals surface area contributed by atoms with E-state index in [0.717, 1.165) is 29.9 Å². The van der Waals surface area contributed by atoms with Crippen LogP contribution in [0.1, 0.15) is 55.4 Å². The number of aryl methyl sites for hydroxylation is 2. The number of ether oxygens (including phenoxy) is 1. The molecule has 2 N–H and O–H groups in total. The van der Waals surface area contributed by atoms with E-state index in [9.17, 15) is 0 Å². The monoisotopic (exact) mass is 239 g/mol. The van der Waals surface area contributed by atoms with E-state index in [1.807, 2.05) is 13.8 Å². The quantitative estimate of drug-likeness (QED) is 0.856. The Morgan fingerprint density at radius 3 is 2.24 bits per heavy atom. The Hall–Kier alpha value is -0.800. The van der Waals surface area contributed by atoms with Gasteiger partial charge in [0.2, 0.25) is 0 Å². The summed E-state index contributed by atoms with van der Waals surface area (Å²) in [6.07, 6.45) is 1.84. The van der Waals surface area contributed by atoms with Gasteiger partial charge in [-0.2, -0.15) is 0 Å². The first-order valence-corrected chi connectivity index (χ1v) is 6.15. The standard InChI is InChI=1S/C14H25NO2/c1-9-10(2)17-11(3)13(9)12(15)7-8-14(4,5)16-6/h12H,7-8,15H2,1-6H3. The zero-order chi connectivity index (χ0) is 13.2. The Bertz CT molecular complexity index is 380. The first-order chi connectivity index (χ1) is 7.78. The molecular formula is C14H25NO2. The van der Waals surface area contributed by atoms with Crippen molar-refractivity contribution in [3.05, 3.63) is 22.6 Å². The lowest BCUT2D eigenvalue weighted by Gasteiger charge is -2.24. The van der Waals surface area contributed by atoms with E-state index in [1.165, 1.54) is 5.56 Å². The van der Waals surface area contributed by atoms with Gasteiger partial charge in [0.15, 0.2) is 0 Å². The number of hydrogen-bond acceptors (Lipinski definition) is 3. The van der Waals surface area contributed by atoms with Crippen LogP contribution in [0.25, 0.3) is 0 Å². The average molecular weight is 239 g/mol. The lowest BCUT2D eigenvalue weighted by Crippen LogP contribution is -2.25. The SMILES string of the molecule is COC(C)(C)CCC(N)c1c(C)oc(C)c1C. The maximum absolute atomic E-state index is 6.26. The predicted octanol–water partition coefficient (Wildman–Crippen LogP) is 3.41. The van der Waals surface area contributed by atoms with Crippen molar-refractivity contribution in [3.63, 3.8) is 0 Å². The molecule has 0 aliphatic rings. The van der Waals surface area contributed by atoms with Crippen molar-refractivity contribution in [2.24, 2.45) is 5.73 Å². The molecule has 1 aromatic rings. The third-order valence-electron chi connectivity index (χ3n) is 3.60. The van der Waals surface area contributed by atoms with E-state index >= 15 is 0 Å². The third kappa shape index (κ3) is 3.33. The zero-order valence-corrected chi connectivity index (χ0v) is 11.9. The van der Waals surface area contributed by atoms with Crippen molar-refractivity contribution in [1.29, 1.82) is 0 Å². The highest BCUT2D eigenvalue weighted by molar-refractivity contribution is 5.33. The second-order valence-electron chi connectivity index (χ2n) is 5.36. The minimum Gasteiger partial charge on any atom is -0.466 e. The summed E-state index contributed by atoms with van der Waals surface area (Å²) >= 11 is 0. The smallest absolute Gasteiger partial charge is 0.106 e. The molecule has 1 unspecified atom stereocenters. The van der Waals surface area contributed by atoms with Crippen molar-refractivity contribution >= 4 is 0 Å². The van der Waals surface area contributed by atoms with Crippen LogP contribution in [0, 0.1) is 20.8 Å². The molecule has 0 saturated heterocycles. The van der Waals surface area contributed by atoms with Gasteiger partial charge in [-0.05, 0) is 53.0 Å². The van der Waals surface area contributed by atoms with Gasteiger partial charge in [0.25, 0.3) is 0 Å². The molecule has 17 heavy (non-hydrogen) atoms. The van der Waals surface area contributed by atoms with E-state index in [0.29, 0.717) is 0 Å². The van der Waals surface area contributed by atoms with E-state index < -0.39 is 0 Å². The fourth-order valence-electron chi connectivity index (χ4n) is 2.10. The van der Waals surface area contributed by atoms with Gasteiger partial charge in [0.05, 0.1) is 5.60 Å². The summed E-state index contributed by atoms with van der Waals surface area (Å²) < 4.78 is 11.0. The van der Waals surface area contributed by atoms with Gasteiger partial charge in [-0.1, -0.05) is 0 Å². The minimum absolute atomic E-state index is 0.0295. The van der Waals surface area contributed by atoms with E-state index in [4.69, 9.17) is 14.9 Å². The van der Waals surface area contributed by atoms with E-state index in [1.54, 1.807) is 7.11 Å². The average Bonchev–Trinajstić information content (AvgIpc) is 2.50. The van der Waals surface area contributed by atoms with Crippen molar-refractivity contribution in [1.82, 2.24) is 0 Å². The van der Waals surface area contributed by atoms with Gasteiger partial charge < -0.3 is 14.9 Å². The Morgan fingerprint density at radius 2 is 1.82 bits per heavy atom. The van der Waals surface area contributed by atoms with Crippen LogP contribution in [-0.4, -0.2) is 12.7 Å². The molecule has 98 valence electrons. The topological polar surface area (TPSA) is 48.4 Å². The molecule has 0 radical (unpaired) electrons. The van der Waals surface area contributed by atoms with Crippen LogP contribution in [0.2, 0.25) is 0 Å². The van der Waals surface area contributed by atoms with Gasteiger partial charge in [0.1, 0.15) is 11.5 Å². The fourth-order valence-corrected chi connectivity index (χ4v) is 2.10. The summed E-state index contributed by atoms with van der Waals surface area (Å²) in [5, 5.41) is 0. The molecule has 0 saturated carbocycles. The van der Waals surface area contributed by atoms with Crippen LogP contribution in [0.15, 0.2) is 4.42 Å². The Kier molecular flexibility index (Phi) is 4.39. The fraction of sp³-hybridized carbons (Fsp3) is 0.714. The molecular weight excluding hydrogens is 214 g/mol. The summed E-state index contributed by atoms with van der Waals surface area (Å²) in [5.41, 5.74) is 8.49. The van der Waals surface area contributed by atoms with Crippen LogP contribution < -0.4 is 5.73 Å². The summed E-state index contributed by atoms with van der Waals surface area (Å²) in [5.74, 6) is 1.92. The second-order valence-corrected chi connectivity index (χ2v) is 5.36. The Morgan fingerprint density at radius 1 is 1.24 bits per heavy atom. The van der Waals surface area contributed by atoms with Gasteiger partial charge in [0, 0.05) is 18.7 Å². The van der Waals surface area contributed by atoms with Crippen molar-refractivity contribution in [2.45, 2.75) is 59.1 Å². The maximum atomic E-state index is 6.26. The Balaban J connectivity index is 2.74. The van der Waals surface area contributed by atoms with Crippen LogP contribution >= 0.6 is 0 Å². The van der Waals surface area contributed by atoms with E-state index in [-0.39, 0.29) is 11.6 Å². The first-order valence-electron chi connectivity index (χ1n) is 6.15. The molecule has 0 aliphatic carbocycles. The lowest BCUT2D eigenvalue weighted by molar-refractivity contribution is 0.0124. The molecule has 0 bridgehead atoms. The highest BCUT2D eigenvalue weighted by atomic mass is 16.5. The van der Waals surface area contributed by atoms with Gasteiger partial charge in [-0.15, -0.1) is 0 Å². The van der Waals surface area contributed by atoms with Crippen molar-refractivity contribution in [3.8, 4) is 0 Å². The summed E-state index contributed by atoms with van der Waals surface area (Å²) in [4.78, 5) is 0. The minimum atomic E-state index is -0.113. The van der Waals surface area contributed by atoms with Gasteiger partial charge >= 0.3 is 0 Å². The normalized spacial score (nSPS) is 14.1. The summed E-state index contributed by atoms with van der Waals surface area (Å²) in [7, 11) is 1.74. The second kappa shape index (κ2) is 5.23. The number of hydrogen-bond donors (Lipinski definition) is 1. The lowest BCUT2D eigenvalue weighted by atomic mass is 9.93. The molecule has 0 fully saturated rings. The molecule has 0 aromatic carbocycles. The largest absolute Gasteiger partial charge is 0.466 e. The van der Waals surface area contributed by atoms with Crippen LogP contribution in [-0.2, 0) is 4.74 Å². The highest BCUT2D eigenvalue weighted by Gasteiger charge is 2.22. The number of rotatable bonds is 5. The number of methoxy groups -OCH3 is 1. The number of nitrogens with two attached hydrogens (primary N) is 1. The van der Waals surface area contributed by atoms with Gasteiger partial charge in [-0.3, -0.25) is 0 Å². The molecule has 1 rings (SSSR count). The molecule has 0 spiro atoms. The molecule has 1 aromatic heterocycles. The molecule has 1 heterocycles. The van der Waals surface area contributed by atoms with Crippen molar-refractivity contribution in [2.75, 3.05) is 7.11 Å². The maximum Gasteiger partial charge on any atom is 0.106 e. The summed E-state index contributed by atoms with van der Waals surface area (Å²) in [6, 6.07) is 0.0295. The third-order valence-corrected chi connectivity index (χ3v) is 3.60. The molecule has 0 aliphatic heterocycles. The van der Waals surface area contributed by atoms with E-state index in [2.05, 4.69) is 20.8 Å². The Labute approximate surface area is 104 Å². The number of furan rings is 1.